The van der Waals surface area contributed by atoms with Crippen LogP contribution in [0, 0.1) is 6.92 Å². The van der Waals surface area contributed by atoms with Crippen molar-refractivity contribution in [1.29, 1.82) is 0 Å². The van der Waals surface area contributed by atoms with Gasteiger partial charge in [-0.15, -0.1) is 0 Å². The maximum Gasteiger partial charge on any atom is 0.325 e. The zero-order valence-corrected chi connectivity index (χ0v) is 13.3. The van der Waals surface area contributed by atoms with Crippen LogP contribution in [0.25, 0.3) is 0 Å². The number of carbonyl (C=O) groups is 3. The number of hydrogen-bond acceptors (Lipinski definition) is 4. The van der Waals surface area contributed by atoms with Gasteiger partial charge in [-0.3, -0.25) is 14.5 Å². The van der Waals surface area contributed by atoms with E-state index >= 15 is 0 Å². The fourth-order valence-corrected chi connectivity index (χ4v) is 2.52. The van der Waals surface area contributed by atoms with Gasteiger partial charge in [0.1, 0.15) is 18.1 Å². The number of carbonyl (C=O) groups excluding carboxylic acids is 3. The molecule has 1 aromatic rings. The van der Waals surface area contributed by atoms with E-state index in [-0.39, 0.29) is 12.5 Å². The minimum atomic E-state index is -1.27. The Morgan fingerprint density at radius 3 is 2.45 bits per heavy atom. The lowest BCUT2D eigenvalue weighted by molar-refractivity contribution is -0.139. The normalized spacial score (nSPS) is 21.2. The Kier molecular flexibility index (Phi) is 4.25. The second kappa shape index (κ2) is 5.82. The van der Waals surface area contributed by atoms with Crippen molar-refractivity contribution >= 4 is 17.8 Å². The van der Waals surface area contributed by atoms with Crippen LogP contribution in [-0.2, 0) is 15.1 Å². The van der Waals surface area contributed by atoms with Crippen LogP contribution < -0.4 is 5.32 Å². The van der Waals surface area contributed by atoms with Crippen molar-refractivity contribution in [3.8, 4) is 0 Å². The quantitative estimate of drug-likeness (QED) is 0.829. The molecular weight excluding hydrogens is 286 g/mol. The number of hydrogen-bond donors (Lipinski definition) is 1. The van der Waals surface area contributed by atoms with Gasteiger partial charge in [-0.2, -0.15) is 0 Å². The van der Waals surface area contributed by atoms with Crippen LogP contribution in [0.1, 0.15) is 32.3 Å². The Morgan fingerprint density at radius 2 is 1.95 bits per heavy atom. The van der Waals surface area contributed by atoms with Gasteiger partial charge >= 0.3 is 6.03 Å². The first-order valence-corrected chi connectivity index (χ1v) is 7.32. The molecule has 2 rings (SSSR count). The highest BCUT2D eigenvalue weighted by molar-refractivity contribution is 6.08. The summed E-state index contributed by atoms with van der Waals surface area (Å²) in [4.78, 5) is 39.3. The summed E-state index contributed by atoms with van der Waals surface area (Å²) in [5, 5.41) is 2.61. The Morgan fingerprint density at radius 1 is 1.32 bits per heavy atom. The van der Waals surface area contributed by atoms with Crippen molar-refractivity contribution < 1.29 is 18.8 Å². The predicted octanol–water partition coefficient (Wildman–Crippen LogP) is 1.22. The Balaban J connectivity index is 2.20. The van der Waals surface area contributed by atoms with Crippen LogP contribution in [-0.4, -0.2) is 47.3 Å². The van der Waals surface area contributed by atoms with Crippen LogP contribution in [0.2, 0.25) is 0 Å². The number of urea groups is 1. The van der Waals surface area contributed by atoms with E-state index in [1.807, 2.05) is 13.8 Å². The number of amides is 4. The molecule has 0 saturated carbocycles. The largest absolute Gasteiger partial charge is 0.463 e. The summed E-state index contributed by atoms with van der Waals surface area (Å²) in [6.07, 6.45) is 0. The standard InChI is InChI=1S/C15H21N3O4/c1-5-17(6-2)12(19)9-18-13(20)15(4,16-14(18)21)11-8-7-10(3)22-11/h7-8H,5-6,9H2,1-4H3,(H,16,21). The van der Waals surface area contributed by atoms with Gasteiger partial charge in [0.25, 0.3) is 5.91 Å². The molecule has 2 heterocycles. The molecule has 22 heavy (non-hydrogen) atoms. The molecule has 120 valence electrons. The number of aryl methyl sites for hydroxylation is 1. The molecule has 0 aliphatic carbocycles. The summed E-state index contributed by atoms with van der Waals surface area (Å²) in [5.74, 6) is 0.276. The third-order valence-electron chi connectivity index (χ3n) is 3.92. The number of nitrogens with one attached hydrogen (secondary N) is 1. The minimum absolute atomic E-state index is 0.256. The average molecular weight is 307 g/mol. The van der Waals surface area contributed by atoms with E-state index in [1.54, 1.807) is 30.9 Å². The molecule has 0 aromatic carbocycles. The van der Waals surface area contributed by atoms with E-state index in [1.165, 1.54) is 0 Å². The van der Waals surface area contributed by atoms with Crippen molar-refractivity contribution in [2.75, 3.05) is 19.6 Å². The third-order valence-corrected chi connectivity index (χ3v) is 3.92. The van der Waals surface area contributed by atoms with E-state index in [9.17, 15) is 14.4 Å². The van der Waals surface area contributed by atoms with Crippen LogP contribution in [0.5, 0.6) is 0 Å². The molecule has 1 saturated heterocycles. The maximum atomic E-state index is 12.6. The van der Waals surface area contributed by atoms with Crippen LogP contribution in [0.15, 0.2) is 16.5 Å². The lowest BCUT2D eigenvalue weighted by atomic mass is 9.99. The van der Waals surface area contributed by atoms with E-state index < -0.39 is 17.5 Å². The first kappa shape index (κ1) is 16.1. The first-order valence-electron chi connectivity index (χ1n) is 7.32. The fourth-order valence-electron chi connectivity index (χ4n) is 2.52. The molecule has 7 nitrogen and oxygen atoms in total. The summed E-state index contributed by atoms with van der Waals surface area (Å²) in [7, 11) is 0. The predicted molar refractivity (Wildman–Crippen MR) is 79.0 cm³/mol. The molecular formula is C15H21N3O4. The molecule has 0 spiro atoms. The van der Waals surface area contributed by atoms with Gasteiger partial charge in [0.15, 0.2) is 5.54 Å². The lowest BCUT2D eigenvalue weighted by Crippen LogP contribution is -2.44. The van der Waals surface area contributed by atoms with Crippen molar-refractivity contribution in [3.05, 3.63) is 23.7 Å². The topological polar surface area (TPSA) is 82.9 Å². The van der Waals surface area contributed by atoms with Crippen molar-refractivity contribution in [2.24, 2.45) is 0 Å². The number of nitrogens with zero attached hydrogens (tertiary/aromatic N) is 2. The SMILES string of the molecule is CCN(CC)C(=O)CN1C(=O)NC(C)(c2ccc(C)o2)C1=O. The molecule has 0 radical (unpaired) electrons. The second-order valence-electron chi connectivity index (χ2n) is 5.42. The molecule has 1 unspecified atom stereocenters. The van der Waals surface area contributed by atoms with E-state index in [0.717, 1.165) is 4.90 Å². The van der Waals surface area contributed by atoms with Gasteiger partial charge in [-0.05, 0) is 39.8 Å². The van der Waals surface area contributed by atoms with Crippen molar-refractivity contribution in [2.45, 2.75) is 33.2 Å². The van der Waals surface area contributed by atoms with Crippen LogP contribution in [0.4, 0.5) is 4.79 Å². The summed E-state index contributed by atoms with van der Waals surface area (Å²) in [6.45, 7) is 7.85. The summed E-state index contributed by atoms with van der Waals surface area (Å²) >= 11 is 0. The molecule has 1 N–H and O–H groups in total. The Hall–Kier alpha value is -2.31. The first-order chi connectivity index (χ1) is 10.3. The van der Waals surface area contributed by atoms with Crippen molar-refractivity contribution in [3.63, 3.8) is 0 Å². The van der Waals surface area contributed by atoms with Crippen LogP contribution in [0.3, 0.4) is 0 Å². The highest BCUT2D eigenvalue weighted by atomic mass is 16.3. The van der Waals surface area contributed by atoms with Crippen LogP contribution >= 0.6 is 0 Å². The molecule has 1 aliphatic rings. The third kappa shape index (κ3) is 2.58. The molecule has 1 aliphatic heterocycles. The summed E-state index contributed by atoms with van der Waals surface area (Å²) in [5.41, 5.74) is -1.27. The van der Waals surface area contributed by atoms with Gasteiger partial charge in [-0.25, -0.2) is 4.79 Å². The van der Waals surface area contributed by atoms with E-state index in [0.29, 0.717) is 24.6 Å². The monoisotopic (exact) mass is 307 g/mol. The number of furan rings is 1. The molecule has 4 amide bonds. The van der Waals surface area contributed by atoms with Gasteiger partial charge in [0, 0.05) is 13.1 Å². The number of imide groups is 1. The number of likely N-dealkylation sites (N-methyl/N-ethyl adjacent to an activating group) is 1. The Bertz CT molecular complexity index is 606. The average Bonchev–Trinajstić information content (AvgIpc) is 2.99. The van der Waals surface area contributed by atoms with Gasteiger partial charge in [0.2, 0.25) is 5.91 Å². The zero-order valence-electron chi connectivity index (χ0n) is 13.3. The van der Waals surface area contributed by atoms with Gasteiger partial charge < -0.3 is 14.6 Å². The number of rotatable bonds is 5. The van der Waals surface area contributed by atoms with Gasteiger partial charge in [-0.1, -0.05) is 0 Å². The fraction of sp³-hybridized carbons (Fsp3) is 0.533. The maximum absolute atomic E-state index is 12.6. The molecule has 1 fully saturated rings. The van der Waals surface area contributed by atoms with E-state index in [2.05, 4.69) is 5.32 Å². The molecule has 7 heteroatoms. The minimum Gasteiger partial charge on any atom is -0.463 e. The highest BCUT2D eigenvalue weighted by Gasteiger charge is 2.51. The molecule has 1 atom stereocenters. The smallest absolute Gasteiger partial charge is 0.325 e. The summed E-state index contributed by atoms with van der Waals surface area (Å²) in [6, 6.07) is 2.80. The highest BCUT2D eigenvalue weighted by Crippen LogP contribution is 2.30. The zero-order chi connectivity index (χ0) is 16.5. The van der Waals surface area contributed by atoms with Crippen molar-refractivity contribution in [1.82, 2.24) is 15.1 Å². The molecule has 0 bridgehead atoms. The lowest BCUT2D eigenvalue weighted by Gasteiger charge is -2.22. The molecule has 1 aromatic heterocycles. The summed E-state index contributed by atoms with van der Waals surface area (Å²) < 4.78 is 5.47. The Labute approximate surface area is 129 Å². The second-order valence-corrected chi connectivity index (χ2v) is 5.42. The van der Waals surface area contributed by atoms with Gasteiger partial charge in [0.05, 0.1) is 0 Å². The van der Waals surface area contributed by atoms with E-state index in [4.69, 9.17) is 4.42 Å².